The van der Waals surface area contributed by atoms with Gasteiger partial charge >= 0.3 is 11.8 Å². The summed E-state index contributed by atoms with van der Waals surface area (Å²) >= 11 is 0. The predicted octanol–water partition coefficient (Wildman–Crippen LogP) is 2.42. The third-order valence-electron chi connectivity index (χ3n) is 3.74. The van der Waals surface area contributed by atoms with Crippen molar-refractivity contribution in [3.05, 3.63) is 59.7 Å². The van der Waals surface area contributed by atoms with Gasteiger partial charge in [0.15, 0.2) is 0 Å². The minimum absolute atomic E-state index is 0.329. The van der Waals surface area contributed by atoms with Gasteiger partial charge in [-0.25, -0.2) is 5.43 Å². The first-order chi connectivity index (χ1) is 13.0. The molecule has 1 atom stereocenters. The van der Waals surface area contributed by atoms with Crippen molar-refractivity contribution in [2.24, 2.45) is 5.10 Å². The summed E-state index contributed by atoms with van der Waals surface area (Å²) in [5, 5.41) is 6.42. The van der Waals surface area contributed by atoms with Gasteiger partial charge in [-0.15, -0.1) is 0 Å². The number of hydrazone groups is 1. The summed E-state index contributed by atoms with van der Waals surface area (Å²) in [5.41, 5.74) is 3.84. The Morgan fingerprint density at radius 2 is 1.67 bits per heavy atom. The van der Waals surface area contributed by atoms with Gasteiger partial charge in [0.1, 0.15) is 11.5 Å². The molecule has 0 heterocycles. The Morgan fingerprint density at radius 1 is 1.04 bits per heavy atom. The van der Waals surface area contributed by atoms with Crippen LogP contribution in [0.1, 0.15) is 31.0 Å². The van der Waals surface area contributed by atoms with Gasteiger partial charge in [-0.1, -0.05) is 12.1 Å². The molecule has 27 heavy (non-hydrogen) atoms. The molecule has 0 saturated heterocycles. The first-order valence-corrected chi connectivity index (χ1v) is 8.54. The van der Waals surface area contributed by atoms with Gasteiger partial charge in [0.25, 0.3) is 0 Å². The lowest BCUT2D eigenvalue weighted by Gasteiger charge is -2.13. The summed E-state index contributed by atoms with van der Waals surface area (Å²) in [5.74, 6) is -0.121. The predicted molar refractivity (Wildman–Crippen MR) is 103 cm³/mol. The van der Waals surface area contributed by atoms with Crippen LogP contribution in [0.3, 0.4) is 0 Å². The van der Waals surface area contributed by atoms with E-state index in [-0.39, 0.29) is 6.04 Å². The molecule has 2 N–H and O–H groups in total. The molecule has 2 amide bonds. The van der Waals surface area contributed by atoms with Gasteiger partial charge in [-0.3, -0.25) is 9.59 Å². The Bertz CT molecular complexity index is 786. The average molecular weight is 369 g/mol. The Kier molecular flexibility index (Phi) is 7.37. The largest absolute Gasteiger partial charge is 0.497 e. The van der Waals surface area contributed by atoms with Crippen LogP contribution in [0.15, 0.2) is 53.6 Å². The maximum atomic E-state index is 12.0. The van der Waals surface area contributed by atoms with Crippen molar-refractivity contribution in [3.8, 4) is 11.5 Å². The Labute approximate surface area is 158 Å². The Morgan fingerprint density at radius 3 is 2.26 bits per heavy atom. The fourth-order valence-electron chi connectivity index (χ4n) is 2.27. The van der Waals surface area contributed by atoms with E-state index in [0.29, 0.717) is 6.61 Å². The lowest BCUT2D eigenvalue weighted by molar-refractivity contribution is -0.139. The first-order valence-electron chi connectivity index (χ1n) is 8.54. The minimum atomic E-state index is -0.836. The Balaban J connectivity index is 1.84. The van der Waals surface area contributed by atoms with Crippen molar-refractivity contribution in [2.75, 3.05) is 13.7 Å². The van der Waals surface area contributed by atoms with E-state index in [0.717, 1.165) is 22.6 Å². The van der Waals surface area contributed by atoms with Crippen molar-refractivity contribution >= 4 is 18.0 Å². The number of nitrogens with one attached hydrogen (secondary N) is 2. The van der Waals surface area contributed by atoms with Crippen LogP contribution in [0.4, 0.5) is 0 Å². The molecule has 7 heteroatoms. The van der Waals surface area contributed by atoms with E-state index in [4.69, 9.17) is 9.47 Å². The summed E-state index contributed by atoms with van der Waals surface area (Å²) in [4.78, 5) is 23.8. The highest BCUT2D eigenvalue weighted by Gasteiger charge is 2.16. The molecule has 0 aromatic heterocycles. The van der Waals surface area contributed by atoms with E-state index < -0.39 is 11.8 Å². The topological polar surface area (TPSA) is 89.0 Å². The van der Waals surface area contributed by atoms with Crippen molar-refractivity contribution < 1.29 is 19.1 Å². The number of nitrogens with zero attached hydrogens (tertiary/aromatic N) is 1. The normalized spacial score (nSPS) is 11.7. The summed E-state index contributed by atoms with van der Waals surface area (Å²) in [6, 6.07) is 14.1. The van der Waals surface area contributed by atoms with Crippen molar-refractivity contribution in [1.29, 1.82) is 0 Å². The van der Waals surface area contributed by atoms with Crippen LogP contribution in [0.5, 0.6) is 11.5 Å². The standard InChI is InChI=1S/C20H23N3O4/c1-4-27-18-9-5-15(6-10-18)13-21-23-20(25)19(24)22-14(2)16-7-11-17(26-3)12-8-16/h5-14H,4H2,1-3H3,(H,22,24)(H,23,25)/b21-13-/t14-/m0/s1. The van der Waals surface area contributed by atoms with Crippen LogP contribution in [0.25, 0.3) is 0 Å². The molecule has 142 valence electrons. The van der Waals surface area contributed by atoms with Gasteiger partial charge in [-0.05, 0) is 61.4 Å². The molecule has 0 bridgehead atoms. The smallest absolute Gasteiger partial charge is 0.329 e. The summed E-state index contributed by atoms with van der Waals surface area (Å²) in [6.07, 6.45) is 1.45. The number of carbonyl (C=O) groups excluding carboxylic acids is 2. The summed E-state index contributed by atoms with van der Waals surface area (Å²) < 4.78 is 10.4. The lowest BCUT2D eigenvalue weighted by Crippen LogP contribution is -2.39. The Hall–Kier alpha value is -3.35. The molecule has 7 nitrogen and oxygen atoms in total. The average Bonchev–Trinajstić information content (AvgIpc) is 2.69. The monoisotopic (exact) mass is 369 g/mol. The highest BCUT2D eigenvalue weighted by Crippen LogP contribution is 2.17. The summed E-state index contributed by atoms with van der Waals surface area (Å²) in [6.45, 7) is 4.29. The lowest BCUT2D eigenvalue weighted by atomic mass is 10.1. The quantitative estimate of drug-likeness (QED) is 0.446. The van der Waals surface area contributed by atoms with Crippen LogP contribution < -0.4 is 20.2 Å². The van der Waals surface area contributed by atoms with Crippen molar-refractivity contribution in [3.63, 3.8) is 0 Å². The summed E-state index contributed by atoms with van der Waals surface area (Å²) in [7, 11) is 1.58. The SMILES string of the molecule is CCOc1ccc(/C=N\NC(=O)C(=O)N[C@@H](C)c2ccc(OC)cc2)cc1. The van der Waals surface area contributed by atoms with E-state index >= 15 is 0 Å². The van der Waals surface area contributed by atoms with Gasteiger partial charge in [0.05, 0.1) is 26.0 Å². The van der Waals surface area contributed by atoms with Gasteiger partial charge in [0.2, 0.25) is 0 Å². The molecule has 0 aliphatic carbocycles. The van der Waals surface area contributed by atoms with E-state index in [1.807, 2.05) is 19.1 Å². The number of methoxy groups -OCH3 is 1. The number of amides is 2. The van der Waals surface area contributed by atoms with E-state index in [1.165, 1.54) is 6.21 Å². The highest BCUT2D eigenvalue weighted by molar-refractivity contribution is 6.35. The molecule has 0 aliphatic heterocycles. The number of hydrogen-bond donors (Lipinski definition) is 2. The molecule has 2 rings (SSSR count). The van der Waals surface area contributed by atoms with Gasteiger partial charge in [0, 0.05) is 0 Å². The molecule has 0 saturated carbocycles. The first kappa shape index (κ1) is 20.0. The third kappa shape index (κ3) is 6.14. The molecular weight excluding hydrogens is 346 g/mol. The zero-order valence-corrected chi connectivity index (χ0v) is 15.6. The highest BCUT2D eigenvalue weighted by atomic mass is 16.5. The van der Waals surface area contributed by atoms with Crippen LogP contribution in [-0.2, 0) is 9.59 Å². The van der Waals surface area contributed by atoms with Crippen LogP contribution in [0.2, 0.25) is 0 Å². The second-order valence-electron chi connectivity index (χ2n) is 5.67. The zero-order valence-electron chi connectivity index (χ0n) is 15.6. The second kappa shape index (κ2) is 9.96. The maximum Gasteiger partial charge on any atom is 0.329 e. The third-order valence-corrected chi connectivity index (χ3v) is 3.74. The van der Waals surface area contributed by atoms with Gasteiger partial charge in [-0.2, -0.15) is 5.10 Å². The van der Waals surface area contributed by atoms with Crippen LogP contribution >= 0.6 is 0 Å². The molecule has 0 aliphatic rings. The second-order valence-corrected chi connectivity index (χ2v) is 5.67. The van der Waals surface area contributed by atoms with E-state index in [2.05, 4.69) is 15.8 Å². The number of hydrogen-bond acceptors (Lipinski definition) is 5. The molecule has 0 spiro atoms. The molecule has 0 unspecified atom stereocenters. The van der Waals surface area contributed by atoms with E-state index in [1.54, 1.807) is 50.4 Å². The number of rotatable bonds is 7. The molecule has 2 aromatic rings. The molecular formula is C20H23N3O4. The fourth-order valence-corrected chi connectivity index (χ4v) is 2.27. The zero-order chi connectivity index (χ0) is 19.6. The minimum Gasteiger partial charge on any atom is -0.497 e. The number of benzene rings is 2. The van der Waals surface area contributed by atoms with Crippen molar-refractivity contribution in [2.45, 2.75) is 19.9 Å². The number of ether oxygens (including phenoxy) is 2. The maximum absolute atomic E-state index is 12.0. The van der Waals surface area contributed by atoms with Crippen LogP contribution in [-0.4, -0.2) is 31.7 Å². The van der Waals surface area contributed by atoms with Gasteiger partial charge < -0.3 is 14.8 Å². The molecule has 0 fully saturated rings. The van der Waals surface area contributed by atoms with Crippen molar-refractivity contribution in [1.82, 2.24) is 10.7 Å². The van der Waals surface area contributed by atoms with E-state index in [9.17, 15) is 9.59 Å². The number of carbonyl (C=O) groups is 2. The van der Waals surface area contributed by atoms with Crippen LogP contribution in [0, 0.1) is 0 Å². The molecule has 0 radical (unpaired) electrons. The molecule has 2 aromatic carbocycles. The fraction of sp³-hybridized carbons (Fsp3) is 0.250.